The van der Waals surface area contributed by atoms with Gasteiger partial charge >= 0.3 is 5.97 Å². The van der Waals surface area contributed by atoms with Crippen LogP contribution in [-0.2, 0) is 9.53 Å². The van der Waals surface area contributed by atoms with Crippen molar-refractivity contribution in [2.24, 2.45) is 0 Å². The number of esters is 1. The highest BCUT2D eigenvalue weighted by atomic mass is 32.2. The molecule has 0 fully saturated rings. The maximum atomic E-state index is 12.5. The van der Waals surface area contributed by atoms with E-state index in [1.807, 2.05) is 49.6 Å². The minimum Gasteiger partial charge on any atom is -0.494 e. The third-order valence-corrected chi connectivity index (χ3v) is 4.91. The van der Waals surface area contributed by atoms with Crippen LogP contribution in [0, 0.1) is 0 Å². The Labute approximate surface area is 185 Å². The Morgan fingerprint density at radius 3 is 2.39 bits per heavy atom. The summed E-state index contributed by atoms with van der Waals surface area (Å²) in [4.78, 5) is 30.0. The third-order valence-electron chi connectivity index (χ3n) is 4.16. The van der Waals surface area contributed by atoms with Crippen molar-refractivity contribution in [3.8, 4) is 5.75 Å². The lowest BCUT2D eigenvalue weighted by Gasteiger charge is -2.11. The van der Waals surface area contributed by atoms with Crippen LogP contribution < -0.4 is 15.4 Å². The lowest BCUT2D eigenvalue weighted by Crippen LogP contribution is -2.21. The first kappa shape index (κ1) is 22.2. The summed E-state index contributed by atoms with van der Waals surface area (Å²) < 4.78 is 10.6. The Balaban J connectivity index is 1.59. The van der Waals surface area contributed by atoms with Crippen LogP contribution in [0.15, 0.2) is 71.8 Å². The molecule has 8 heteroatoms. The molecular formula is C23H23N3O4S. The summed E-state index contributed by atoms with van der Waals surface area (Å²) >= 11 is 1.61. The highest BCUT2D eigenvalue weighted by Gasteiger charge is 2.16. The molecule has 0 spiro atoms. The van der Waals surface area contributed by atoms with E-state index < -0.39 is 18.5 Å². The number of hydrogen-bond acceptors (Lipinski definition) is 7. The number of nitrogens with zero attached hydrogens (tertiary/aromatic N) is 1. The monoisotopic (exact) mass is 437 g/mol. The molecule has 31 heavy (non-hydrogen) atoms. The summed E-state index contributed by atoms with van der Waals surface area (Å²) in [6.45, 7) is 2.10. The van der Waals surface area contributed by atoms with Gasteiger partial charge in [-0.15, -0.1) is 11.8 Å². The SMILES string of the molecule is CCOc1ccc(Nc2ncccc2C(=O)OCC(=O)Nc2ccc(SC)cc2)cc1. The lowest BCUT2D eigenvalue weighted by atomic mass is 10.2. The van der Waals surface area contributed by atoms with Gasteiger partial charge in [-0.05, 0) is 73.8 Å². The fourth-order valence-electron chi connectivity index (χ4n) is 2.69. The molecule has 160 valence electrons. The third kappa shape index (κ3) is 6.48. The highest BCUT2D eigenvalue weighted by molar-refractivity contribution is 7.98. The van der Waals surface area contributed by atoms with Gasteiger partial charge in [0.1, 0.15) is 17.1 Å². The van der Waals surface area contributed by atoms with E-state index in [2.05, 4.69) is 15.6 Å². The summed E-state index contributed by atoms with van der Waals surface area (Å²) in [7, 11) is 0. The normalized spacial score (nSPS) is 10.3. The second-order valence-corrected chi connectivity index (χ2v) is 7.21. The van der Waals surface area contributed by atoms with Gasteiger partial charge in [0, 0.05) is 22.5 Å². The molecule has 0 radical (unpaired) electrons. The fraction of sp³-hybridized carbons (Fsp3) is 0.174. The maximum absolute atomic E-state index is 12.5. The molecular weight excluding hydrogens is 414 g/mol. The van der Waals surface area contributed by atoms with Crippen LogP contribution in [0.5, 0.6) is 5.75 Å². The predicted molar refractivity (Wildman–Crippen MR) is 122 cm³/mol. The summed E-state index contributed by atoms with van der Waals surface area (Å²) in [6.07, 6.45) is 3.54. The Morgan fingerprint density at radius 1 is 1.00 bits per heavy atom. The van der Waals surface area contributed by atoms with Crippen molar-refractivity contribution in [3.63, 3.8) is 0 Å². The van der Waals surface area contributed by atoms with E-state index in [0.29, 0.717) is 18.1 Å². The number of rotatable bonds is 9. The van der Waals surface area contributed by atoms with Gasteiger partial charge in [0.05, 0.1) is 6.61 Å². The average molecular weight is 438 g/mol. The first-order valence-corrected chi connectivity index (χ1v) is 10.9. The van der Waals surface area contributed by atoms with Crippen LogP contribution in [0.4, 0.5) is 17.2 Å². The molecule has 3 aromatic rings. The van der Waals surface area contributed by atoms with Crippen LogP contribution in [0.2, 0.25) is 0 Å². The van der Waals surface area contributed by atoms with E-state index in [0.717, 1.165) is 16.3 Å². The van der Waals surface area contributed by atoms with E-state index in [1.54, 1.807) is 42.2 Å². The Bertz CT molecular complexity index is 1020. The summed E-state index contributed by atoms with van der Waals surface area (Å²) in [5, 5.41) is 5.79. The molecule has 1 aromatic heterocycles. The largest absolute Gasteiger partial charge is 0.494 e. The molecule has 0 atom stereocenters. The molecule has 3 rings (SSSR count). The van der Waals surface area contributed by atoms with Gasteiger partial charge in [-0.2, -0.15) is 0 Å². The van der Waals surface area contributed by atoms with Crippen molar-refractivity contribution in [2.75, 3.05) is 30.1 Å². The number of aromatic nitrogens is 1. The number of carbonyl (C=O) groups excluding carboxylic acids is 2. The van der Waals surface area contributed by atoms with Crippen molar-refractivity contribution in [1.29, 1.82) is 0 Å². The number of pyridine rings is 1. The Morgan fingerprint density at radius 2 is 1.71 bits per heavy atom. The van der Waals surface area contributed by atoms with E-state index in [9.17, 15) is 9.59 Å². The molecule has 1 heterocycles. The van der Waals surface area contributed by atoms with Crippen LogP contribution >= 0.6 is 11.8 Å². The number of amides is 1. The van der Waals surface area contributed by atoms with Gasteiger partial charge in [0.15, 0.2) is 6.61 Å². The summed E-state index contributed by atoms with van der Waals surface area (Å²) in [6, 6.07) is 17.9. The number of hydrogen-bond donors (Lipinski definition) is 2. The zero-order valence-electron chi connectivity index (χ0n) is 17.3. The number of nitrogens with one attached hydrogen (secondary N) is 2. The molecule has 0 aliphatic heterocycles. The lowest BCUT2D eigenvalue weighted by molar-refractivity contribution is -0.119. The second kappa shape index (κ2) is 11.0. The van der Waals surface area contributed by atoms with E-state index >= 15 is 0 Å². The standard InChI is InChI=1S/C23H23N3O4S/c1-3-29-18-10-6-17(7-11-18)26-22-20(5-4-14-24-22)23(28)30-15-21(27)25-16-8-12-19(31-2)13-9-16/h4-14H,3,15H2,1-2H3,(H,24,26)(H,25,27). The molecule has 0 saturated carbocycles. The van der Waals surface area contributed by atoms with Gasteiger partial charge in [0.25, 0.3) is 5.91 Å². The fourth-order valence-corrected chi connectivity index (χ4v) is 3.10. The zero-order valence-corrected chi connectivity index (χ0v) is 18.1. The molecule has 7 nitrogen and oxygen atoms in total. The van der Waals surface area contributed by atoms with E-state index in [-0.39, 0.29) is 5.56 Å². The zero-order chi connectivity index (χ0) is 22.1. The van der Waals surface area contributed by atoms with Crippen molar-refractivity contribution >= 4 is 40.8 Å². The maximum Gasteiger partial charge on any atom is 0.342 e. The van der Waals surface area contributed by atoms with Crippen LogP contribution in [0.1, 0.15) is 17.3 Å². The summed E-state index contributed by atoms with van der Waals surface area (Å²) in [5.74, 6) is 0.0251. The molecule has 0 unspecified atom stereocenters. The number of anilines is 3. The molecule has 1 amide bonds. The molecule has 2 N–H and O–H groups in total. The van der Waals surface area contributed by atoms with Crippen molar-refractivity contribution in [2.45, 2.75) is 11.8 Å². The molecule has 0 bridgehead atoms. The minimum absolute atomic E-state index is 0.230. The molecule has 2 aromatic carbocycles. The van der Waals surface area contributed by atoms with Crippen LogP contribution in [0.3, 0.4) is 0 Å². The first-order chi connectivity index (χ1) is 15.1. The van der Waals surface area contributed by atoms with E-state index in [4.69, 9.17) is 9.47 Å². The van der Waals surface area contributed by atoms with Gasteiger partial charge < -0.3 is 20.1 Å². The quantitative estimate of drug-likeness (QED) is 0.369. The van der Waals surface area contributed by atoms with Crippen molar-refractivity contribution < 1.29 is 19.1 Å². The number of ether oxygens (including phenoxy) is 2. The van der Waals surface area contributed by atoms with Crippen molar-refractivity contribution in [1.82, 2.24) is 4.98 Å². The topological polar surface area (TPSA) is 89.6 Å². The average Bonchev–Trinajstić information content (AvgIpc) is 2.80. The number of thioether (sulfide) groups is 1. The smallest absolute Gasteiger partial charge is 0.342 e. The van der Waals surface area contributed by atoms with E-state index in [1.165, 1.54) is 0 Å². The summed E-state index contributed by atoms with van der Waals surface area (Å²) in [5.41, 5.74) is 1.61. The van der Waals surface area contributed by atoms with Crippen molar-refractivity contribution in [3.05, 3.63) is 72.4 Å². The first-order valence-electron chi connectivity index (χ1n) is 9.65. The number of benzene rings is 2. The predicted octanol–water partition coefficient (Wildman–Crippen LogP) is 4.74. The number of carbonyl (C=O) groups is 2. The Kier molecular flexibility index (Phi) is 7.89. The van der Waals surface area contributed by atoms with Gasteiger partial charge in [-0.25, -0.2) is 9.78 Å². The minimum atomic E-state index is -0.644. The van der Waals surface area contributed by atoms with Gasteiger partial charge in [-0.3, -0.25) is 4.79 Å². The second-order valence-electron chi connectivity index (χ2n) is 6.33. The van der Waals surface area contributed by atoms with Crippen LogP contribution in [-0.4, -0.2) is 36.3 Å². The van der Waals surface area contributed by atoms with Gasteiger partial charge in [-0.1, -0.05) is 0 Å². The molecule has 0 saturated heterocycles. The Hall–Kier alpha value is -3.52. The molecule has 0 aliphatic rings. The molecule has 0 aliphatic carbocycles. The van der Waals surface area contributed by atoms with Gasteiger partial charge in [0.2, 0.25) is 0 Å². The highest BCUT2D eigenvalue weighted by Crippen LogP contribution is 2.22. The van der Waals surface area contributed by atoms with Crippen LogP contribution in [0.25, 0.3) is 0 Å².